The quantitative estimate of drug-likeness (QED) is 0.290. The molecule has 0 aliphatic rings. The largest absolute Gasteiger partial charge is 0.495 e. The third-order valence-corrected chi connectivity index (χ3v) is 6.84. The van der Waals surface area contributed by atoms with Crippen molar-refractivity contribution in [2.75, 3.05) is 26.1 Å². The van der Waals surface area contributed by atoms with E-state index in [4.69, 9.17) is 18.9 Å². The van der Waals surface area contributed by atoms with Gasteiger partial charge in [0.25, 0.3) is 0 Å². The first kappa shape index (κ1) is 22.3. The van der Waals surface area contributed by atoms with Crippen LogP contribution in [0.1, 0.15) is 6.92 Å². The Hall–Kier alpha value is -3.49. The summed E-state index contributed by atoms with van der Waals surface area (Å²) in [4.78, 5) is 17.9. The first-order valence-electron chi connectivity index (χ1n) is 11.0. The van der Waals surface area contributed by atoms with Crippen LogP contribution in [0.5, 0.6) is 5.75 Å². The zero-order chi connectivity index (χ0) is 23.7. The fraction of sp³-hybridized carbons (Fsp3) is 0.231. The number of amides is 1. The summed E-state index contributed by atoms with van der Waals surface area (Å²) in [6.07, 6.45) is 0. The molecule has 0 saturated heterocycles. The number of para-hydroxylation sites is 3. The number of imidazole rings is 1. The number of anilines is 1. The first-order chi connectivity index (χ1) is 16.6. The lowest BCUT2D eigenvalue weighted by atomic mass is 10.1. The van der Waals surface area contributed by atoms with E-state index in [1.165, 1.54) is 11.8 Å². The number of fused-ring (bicyclic) bond motifs is 4. The molecule has 0 aliphatic heterocycles. The molecule has 0 bridgehead atoms. The molecule has 0 spiro atoms. The van der Waals surface area contributed by atoms with E-state index in [2.05, 4.69) is 9.88 Å². The smallest absolute Gasteiger partial charge is 0.237 e. The highest BCUT2D eigenvalue weighted by molar-refractivity contribution is 8.00. The third-order valence-electron chi connectivity index (χ3n) is 5.75. The number of carbonyl (C=O) groups is 1. The Balaban J connectivity index is 1.41. The molecule has 5 aromatic rings. The fourth-order valence-corrected chi connectivity index (χ4v) is 4.96. The number of thioether (sulfide) groups is 1. The summed E-state index contributed by atoms with van der Waals surface area (Å²) in [7, 11) is 3.27. The second kappa shape index (κ2) is 9.40. The molecule has 0 unspecified atom stereocenters. The fourth-order valence-electron chi connectivity index (χ4n) is 4.01. The molecule has 7 nitrogen and oxygen atoms in total. The van der Waals surface area contributed by atoms with Gasteiger partial charge in [-0.25, -0.2) is 4.98 Å². The number of carbonyl (C=O) groups excluding carboxylic acids is 1. The summed E-state index contributed by atoms with van der Waals surface area (Å²) in [5.74, 6) is 0.432. The molecule has 0 aliphatic carbocycles. The normalized spacial score (nSPS) is 12.4. The van der Waals surface area contributed by atoms with Crippen LogP contribution in [0, 0.1) is 0 Å². The molecule has 0 fully saturated rings. The molecule has 8 heteroatoms. The van der Waals surface area contributed by atoms with Crippen LogP contribution >= 0.6 is 11.8 Å². The van der Waals surface area contributed by atoms with Crippen LogP contribution in [0.4, 0.5) is 5.69 Å². The monoisotopic (exact) mass is 475 g/mol. The minimum absolute atomic E-state index is 0.149. The Morgan fingerprint density at radius 3 is 2.71 bits per heavy atom. The number of furan rings is 1. The minimum Gasteiger partial charge on any atom is -0.495 e. The summed E-state index contributed by atoms with van der Waals surface area (Å²) in [5.41, 5.74) is 3.97. The predicted molar refractivity (Wildman–Crippen MR) is 136 cm³/mol. The molecular formula is C26H25N3O4S. The molecule has 1 atom stereocenters. The SMILES string of the molecule is COCCn1c(S[C@@H](C)C(=O)Nc2cc3oc4ccccc4c3cc2OC)nc2ccccc21. The van der Waals surface area contributed by atoms with Crippen molar-refractivity contribution in [1.82, 2.24) is 9.55 Å². The topological polar surface area (TPSA) is 78.5 Å². The first-order valence-corrected chi connectivity index (χ1v) is 11.9. The van der Waals surface area contributed by atoms with Crippen LogP contribution in [0.15, 0.2) is 70.2 Å². The number of hydrogen-bond donors (Lipinski definition) is 1. The second-order valence-electron chi connectivity index (χ2n) is 7.92. The summed E-state index contributed by atoms with van der Waals surface area (Å²) in [6.45, 7) is 3.08. The zero-order valence-corrected chi connectivity index (χ0v) is 20.0. The van der Waals surface area contributed by atoms with Gasteiger partial charge in [0, 0.05) is 30.5 Å². The highest BCUT2D eigenvalue weighted by atomic mass is 32.2. The number of aromatic nitrogens is 2. The van der Waals surface area contributed by atoms with Crippen molar-refractivity contribution in [2.24, 2.45) is 0 Å². The Morgan fingerprint density at radius 2 is 1.88 bits per heavy atom. The molecule has 1 amide bonds. The Kier molecular flexibility index (Phi) is 6.17. The van der Waals surface area contributed by atoms with Gasteiger partial charge in [0.05, 0.1) is 35.7 Å². The molecule has 2 heterocycles. The van der Waals surface area contributed by atoms with Crippen molar-refractivity contribution >= 4 is 56.3 Å². The van der Waals surface area contributed by atoms with Crippen molar-refractivity contribution in [1.29, 1.82) is 0 Å². The lowest BCUT2D eigenvalue weighted by Crippen LogP contribution is -2.23. The van der Waals surface area contributed by atoms with E-state index >= 15 is 0 Å². The van der Waals surface area contributed by atoms with E-state index in [1.807, 2.05) is 67.6 Å². The highest BCUT2D eigenvalue weighted by Crippen LogP contribution is 2.37. The molecule has 5 rings (SSSR count). The van der Waals surface area contributed by atoms with Crippen LogP contribution in [0.3, 0.4) is 0 Å². The number of rotatable bonds is 8. The van der Waals surface area contributed by atoms with E-state index in [-0.39, 0.29) is 5.91 Å². The molecule has 174 valence electrons. The summed E-state index contributed by atoms with van der Waals surface area (Å²) in [5, 5.41) is 5.34. The number of nitrogens with zero attached hydrogens (tertiary/aromatic N) is 2. The summed E-state index contributed by atoms with van der Waals surface area (Å²) >= 11 is 1.41. The molecule has 3 aromatic carbocycles. The molecule has 0 radical (unpaired) electrons. The van der Waals surface area contributed by atoms with Gasteiger partial charge in [-0.2, -0.15) is 0 Å². The van der Waals surface area contributed by atoms with Gasteiger partial charge in [-0.15, -0.1) is 0 Å². The highest BCUT2D eigenvalue weighted by Gasteiger charge is 2.21. The van der Waals surface area contributed by atoms with Crippen molar-refractivity contribution < 1.29 is 18.7 Å². The molecule has 1 N–H and O–H groups in total. The second-order valence-corrected chi connectivity index (χ2v) is 9.23. The number of methoxy groups -OCH3 is 2. The van der Waals surface area contributed by atoms with Gasteiger partial charge >= 0.3 is 0 Å². The van der Waals surface area contributed by atoms with E-state index in [9.17, 15) is 4.79 Å². The van der Waals surface area contributed by atoms with Crippen molar-refractivity contribution in [3.8, 4) is 5.75 Å². The van der Waals surface area contributed by atoms with Gasteiger partial charge in [-0.1, -0.05) is 42.1 Å². The van der Waals surface area contributed by atoms with Gasteiger partial charge in [-0.05, 0) is 31.2 Å². The van der Waals surface area contributed by atoms with Crippen LogP contribution < -0.4 is 10.1 Å². The van der Waals surface area contributed by atoms with Gasteiger partial charge in [-0.3, -0.25) is 4.79 Å². The van der Waals surface area contributed by atoms with Gasteiger partial charge in [0.1, 0.15) is 16.9 Å². The van der Waals surface area contributed by atoms with E-state index in [0.29, 0.717) is 30.2 Å². The number of hydrogen-bond acceptors (Lipinski definition) is 6. The Morgan fingerprint density at radius 1 is 1.09 bits per heavy atom. The number of benzene rings is 3. The Labute approximate surface area is 201 Å². The standard InChI is InChI=1S/C26H25N3O4S/c1-16(34-26-28-19-9-5-6-10-21(19)29(26)12-13-31-2)25(30)27-20-15-23-18(14-24(20)32-3)17-8-4-7-11-22(17)33-23/h4-11,14-16H,12-13H2,1-3H3,(H,27,30)/t16-/m0/s1. The zero-order valence-electron chi connectivity index (χ0n) is 19.2. The van der Waals surface area contributed by atoms with Gasteiger partial charge in [0.15, 0.2) is 5.16 Å². The lowest BCUT2D eigenvalue weighted by molar-refractivity contribution is -0.115. The maximum absolute atomic E-state index is 13.2. The number of ether oxygens (including phenoxy) is 2. The lowest BCUT2D eigenvalue weighted by Gasteiger charge is -2.15. The van der Waals surface area contributed by atoms with E-state index in [0.717, 1.165) is 32.5 Å². The maximum Gasteiger partial charge on any atom is 0.237 e. The van der Waals surface area contributed by atoms with Gasteiger partial charge in [0.2, 0.25) is 5.91 Å². The molecule has 2 aromatic heterocycles. The van der Waals surface area contributed by atoms with Crippen LogP contribution in [-0.4, -0.2) is 41.5 Å². The van der Waals surface area contributed by atoms with E-state index in [1.54, 1.807) is 14.2 Å². The summed E-state index contributed by atoms with van der Waals surface area (Å²) in [6, 6.07) is 19.5. The maximum atomic E-state index is 13.2. The average Bonchev–Trinajstić information content (AvgIpc) is 3.39. The van der Waals surface area contributed by atoms with Gasteiger partial charge < -0.3 is 23.8 Å². The molecule has 34 heavy (non-hydrogen) atoms. The van der Waals surface area contributed by atoms with E-state index < -0.39 is 5.25 Å². The predicted octanol–water partition coefficient (Wildman–Crippen LogP) is 5.71. The average molecular weight is 476 g/mol. The van der Waals surface area contributed by atoms with Crippen LogP contribution in [-0.2, 0) is 16.1 Å². The summed E-state index contributed by atoms with van der Waals surface area (Å²) < 4.78 is 18.9. The number of nitrogens with one attached hydrogen (secondary N) is 1. The van der Waals surface area contributed by atoms with Crippen molar-refractivity contribution in [2.45, 2.75) is 23.9 Å². The minimum atomic E-state index is -0.394. The Bertz CT molecular complexity index is 1490. The molecular weight excluding hydrogens is 450 g/mol. The molecule has 0 saturated carbocycles. The van der Waals surface area contributed by atoms with Crippen LogP contribution in [0.2, 0.25) is 0 Å². The van der Waals surface area contributed by atoms with Crippen molar-refractivity contribution in [3.63, 3.8) is 0 Å². The van der Waals surface area contributed by atoms with Crippen molar-refractivity contribution in [3.05, 3.63) is 60.7 Å². The third kappa shape index (κ3) is 4.10. The van der Waals surface area contributed by atoms with Crippen LogP contribution in [0.25, 0.3) is 33.0 Å².